The number of nitrogens with one attached hydrogen (secondary N) is 1. The van der Waals surface area contributed by atoms with Gasteiger partial charge in [-0.25, -0.2) is 0 Å². The molecule has 4 heteroatoms. The Kier molecular flexibility index (Phi) is 4.91. The third-order valence-corrected chi connectivity index (χ3v) is 5.07. The quantitative estimate of drug-likeness (QED) is 0.911. The van der Waals surface area contributed by atoms with Gasteiger partial charge in [0.1, 0.15) is 0 Å². The van der Waals surface area contributed by atoms with Gasteiger partial charge in [-0.15, -0.1) is 0 Å². The average Bonchev–Trinajstić information content (AvgIpc) is 2.72. The molecule has 108 valence electrons. The maximum Gasteiger partial charge on any atom is 0.0834 e. The van der Waals surface area contributed by atoms with Crippen molar-refractivity contribution in [3.8, 4) is 0 Å². The van der Waals surface area contributed by atoms with Gasteiger partial charge in [-0.05, 0) is 50.5 Å². The van der Waals surface area contributed by atoms with E-state index in [4.69, 9.17) is 11.6 Å². The van der Waals surface area contributed by atoms with Gasteiger partial charge in [0.2, 0.25) is 0 Å². The summed E-state index contributed by atoms with van der Waals surface area (Å²) in [5.41, 5.74) is 1.14. The van der Waals surface area contributed by atoms with Crippen molar-refractivity contribution in [2.24, 2.45) is 24.8 Å². The summed E-state index contributed by atoms with van der Waals surface area (Å²) >= 11 is 6.29. The Morgan fingerprint density at radius 2 is 1.84 bits per heavy atom. The molecule has 1 aromatic heterocycles. The SMILES string of the molecule is CNC(c1c(Cl)cnn1C)C1CCC(C(C)C)CC1. The molecule has 2 rings (SSSR count). The monoisotopic (exact) mass is 283 g/mol. The van der Waals surface area contributed by atoms with E-state index in [2.05, 4.69) is 24.3 Å². The lowest BCUT2D eigenvalue weighted by molar-refractivity contribution is 0.189. The zero-order valence-corrected chi connectivity index (χ0v) is 13.2. The molecule has 0 spiro atoms. The highest BCUT2D eigenvalue weighted by molar-refractivity contribution is 6.31. The van der Waals surface area contributed by atoms with Crippen LogP contribution in [0.1, 0.15) is 51.3 Å². The summed E-state index contributed by atoms with van der Waals surface area (Å²) < 4.78 is 1.91. The number of nitrogens with zero attached hydrogens (tertiary/aromatic N) is 2. The molecule has 1 aliphatic rings. The maximum atomic E-state index is 6.29. The molecular formula is C15H26ClN3. The van der Waals surface area contributed by atoms with E-state index >= 15 is 0 Å². The Labute approximate surface area is 121 Å². The molecule has 0 radical (unpaired) electrons. The maximum absolute atomic E-state index is 6.29. The molecule has 1 aromatic rings. The minimum atomic E-state index is 0.327. The molecule has 0 saturated heterocycles. The van der Waals surface area contributed by atoms with Gasteiger partial charge < -0.3 is 5.32 Å². The van der Waals surface area contributed by atoms with Crippen molar-refractivity contribution in [1.82, 2.24) is 15.1 Å². The van der Waals surface area contributed by atoms with E-state index in [0.29, 0.717) is 12.0 Å². The number of aryl methyl sites for hydroxylation is 1. The summed E-state index contributed by atoms with van der Waals surface area (Å²) in [6, 6.07) is 0.327. The van der Waals surface area contributed by atoms with Gasteiger partial charge in [-0.3, -0.25) is 4.68 Å². The van der Waals surface area contributed by atoms with Gasteiger partial charge in [0.25, 0.3) is 0 Å². The predicted octanol–water partition coefficient (Wildman–Crippen LogP) is 3.80. The first-order chi connectivity index (χ1) is 9.04. The van der Waals surface area contributed by atoms with Crippen LogP contribution in [-0.2, 0) is 7.05 Å². The van der Waals surface area contributed by atoms with Crippen molar-refractivity contribution in [2.45, 2.75) is 45.6 Å². The number of rotatable bonds is 4. The van der Waals surface area contributed by atoms with Gasteiger partial charge in [0, 0.05) is 7.05 Å². The smallest absolute Gasteiger partial charge is 0.0834 e. The molecule has 1 heterocycles. The molecule has 1 atom stereocenters. The largest absolute Gasteiger partial charge is 0.311 e. The Bertz CT molecular complexity index is 386. The minimum absolute atomic E-state index is 0.327. The molecule has 1 fully saturated rings. The standard InChI is InChI=1S/C15H26ClN3/c1-10(2)11-5-7-12(8-6-11)14(17-3)15-13(16)9-18-19(15)4/h9-12,14,17H,5-8H2,1-4H3. The zero-order valence-electron chi connectivity index (χ0n) is 12.5. The van der Waals surface area contributed by atoms with E-state index in [9.17, 15) is 0 Å². The van der Waals surface area contributed by atoms with Crippen molar-refractivity contribution in [3.05, 3.63) is 16.9 Å². The topological polar surface area (TPSA) is 29.9 Å². The number of hydrogen-bond acceptors (Lipinski definition) is 2. The number of hydrogen-bond donors (Lipinski definition) is 1. The predicted molar refractivity (Wildman–Crippen MR) is 80.3 cm³/mol. The highest BCUT2D eigenvalue weighted by Gasteiger charge is 2.31. The van der Waals surface area contributed by atoms with Crippen LogP contribution in [-0.4, -0.2) is 16.8 Å². The second-order valence-electron chi connectivity index (χ2n) is 6.19. The highest BCUT2D eigenvalue weighted by atomic mass is 35.5. The molecule has 0 bridgehead atoms. The Morgan fingerprint density at radius 3 is 2.26 bits per heavy atom. The van der Waals surface area contributed by atoms with Crippen molar-refractivity contribution >= 4 is 11.6 Å². The van der Waals surface area contributed by atoms with Crippen LogP contribution in [0.2, 0.25) is 5.02 Å². The molecule has 19 heavy (non-hydrogen) atoms. The van der Waals surface area contributed by atoms with Gasteiger partial charge in [-0.1, -0.05) is 25.4 Å². The van der Waals surface area contributed by atoms with E-state index < -0.39 is 0 Å². The lowest BCUT2D eigenvalue weighted by atomic mass is 9.74. The Hall–Kier alpha value is -0.540. The van der Waals surface area contributed by atoms with Gasteiger partial charge in [0.05, 0.1) is 23.0 Å². The summed E-state index contributed by atoms with van der Waals surface area (Å²) in [7, 11) is 4.01. The molecule has 1 saturated carbocycles. The third-order valence-electron chi connectivity index (χ3n) is 4.77. The van der Waals surface area contributed by atoms with E-state index in [1.807, 2.05) is 18.8 Å². The van der Waals surface area contributed by atoms with Crippen LogP contribution >= 0.6 is 11.6 Å². The average molecular weight is 284 g/mol. The fourth-order valence-electron chi connectivity index (χ4n) is 3.51. The van der Waals surface area contributed by atoms with E-state index in [1.54, 1.807) is 6.20 Å². The van der Waals surface area contributed by atoms with Crippen molar-refractivity contribution < 1.29 is 0 Å². The molecule has 0 aliphatic heterocycles. The van der Waals surface area contributed by atoms with Gasteiger partial charge in [0.15, 0.2) is 0 Å². The summed E-state index contributed by atoms with van der Waals surface area (Å²) in [5.74, 6) is 2.39. The van der Waals surface area contributed by atoms with Crippen molar-refractivity contribution in [3.63, 3.8) is 0 Å². The van der Waals surface area contributed by atoms with Crippen LogP contribution in [0.15, 0.2) is 6.20 Å². The first kappa shape index (κ1) is 14.9. The molecular weight excluding hydrogens is 258 g/mol. The van der Waals surface area contributed by atoms with Crippen LogP contribution in [0, 0.1) is 17.8 Å². The summed E-state index contributed by atoms with van der Waals surface area (Å²) in [6.07, 6.45) is 7.01. The highest BCUT2D eigenvalue weighted by Crippen LogP contribution is 2.40. The van der Waals surface area contributed by atoms with Crippen molar-refractivity contribution in [1.29, 1.82) is 0 Å². The lowest BCUT2D eigenvalue weighted by Crippen LogP contribution is -2.31. The number of aromatic nitrogens is 2. The normalized spacial score (nSPS) is 25.8. The summed E-state index contributed by atoms with van der Waals surface area (Å²) in [5, 5.41) is 8.51. The summed E-state index contributed by atoms with van der Waals surface area (Å²) in [6.45, 7) is 4.69. The first-order valence-corrected chi connectivity index (χ1v) is 7.77. The second kappa shape index (κ2) is 6.27. The Balaban J connectivity index is 2.08. The lowest BCUT2D eigenvalue weighted by Gasteiger charge is -2.35. The molecule has 1 aliphatic carbocycles. The fraction of sp³-hybridized carbons (Fsp3) is 0.800. The minimum Gasteiger partial charge on any atom is -0.311 e. The van der Waals surface area contributed by atoms with Gasteiger partial charge in [-0.2, -0.15) is 5.10 Å². The van der Waals surface area contributed by atoms with Gasteiger partial charge >= 0.3 is 0 Å². The molecule has 1 N–H and O–H groups in total. The van der Waals surface area contributed by atoms with Crippen molar-refractivity contribution in [2.75, 3.05) is 7.05 Å². The van der Waals surface area contributed by atoms with Crippen LogP contribution in [0.25, 0.3) is 0 Å². The second-order valence-corrected chi connectivity index (χ2v) is 6.59. The number of halogens is 1. The van der Waals surface area contributed by atoms with E-state index in [1.165, 1.54) is 25.7 Å². The molecule has 3 nitrogen and oxygen atoms in total. The van der Waals surface area contributed by atoms with Crippen LogP contribution < -0.4 is 5.32 Å². The third kappa shape index (κ3) is 3.14. The molecule has 0 aromatic carbocycles. The van der Waals surface area contributed by atoms with E-state index in [0.717, 1.165) is 22.6 Å². The van der Waals surface area contributed by atoms with Crippen LogP contribution in [0.3, 0.4) is 0 Å². The van der Waals surface area contributed by atoms with Crippen LogP contribution in [0.5, 0.6) is 0 Å². The van der Waals surface area contributed by atoms with Crippen LogP contribution in [0.4, 0.5) is 0 Å². The zero-order chi connectivity index (χ0) is 14.0. The summed E-state index contributed by atoms with van der Waals surface area (Å²) in [4.78, 5) is 0. The Morgan fingerprint density at radius 1 is 1.26 bits per heavy atom. The van der Waals surface area contributed by atoms with E-state index in [-0.39, 0.29) is 0 Å². The first-order valence-electron chi connectivity index (χ1n) is 7.39. The fourth-order valence-corrected chi connectivity index (χ4v) is 3.79. The molecule has 1 unspecified atom stereocenters. The molecule has 0 amide bonds.